The Labute approximate surface area is 300 Å². The summed E-state index contributed by atoms with van der Waals surface area (Å²) in [6.07, 6.45) is 12.5. The molecule has 2 unspecified atom stereocenters. The first-order chi connectivity index (χ1) is 24.4. The summed E-state index contributed by atoms with van der Waals surface area (Å²) >= 11 is 0. The predicted molar refractivity (Wildman–Crippen MR) is 221 cm³/mol. The smallest absolute Gasteiger partial charge is 0.0314 e. The van der Waals surface area contributed by atoms with E-state index in [9.17, 15) is 0 Å². The number of anilines is 2. The van der Waals surface area contributed by atoms with Crippen LogP contribution in [0.3, 0.4) is 0 Å². The van der Waals surface area contributed by atoms with Crippen LogP contribution in [0.15, 0.2) is 109 Å². The van der Waals surface area contributed by atoms with Gasteiger partial charge in [0.2, 0.25) is 0 Å². The molecule has 0 bridgehead atoms. The van der Waals surface area contributed by atoms with Crippen LogP contribution in [0.2, 0.25) is 0 Å². The Morgan fingerprint density at radius 2 is 0.860 bits per heavy atom. The molecule has 50 heavy (non-hydrogen) atoms. The highest BCUT2D eigenvalue weighted by atomic mass is 14.5. The van der Waals surface area contributed by atoms with Crippen molar-refractivity contribution in [1.29, 1.82) is 0 Å². The van der Waals surface area contributed by atoms with E-state index in [0.29, 0.717) is 11.8 Å². The fourth-order valence-corrected chi connectivity index (χ4v) is 8.02. The number of fused-ring (bicyclic) bond motifs is 2. The molecular formula is C48H56N2. The van der Waals surface area contributed by atoms with Gasteiger partial charge in [-0.2, -0.15) is 0 Å². The lowest BCUT2D eigenvalue weighted by molar-refractivity contribution is 0.580. The molecule has 0 saturated carbocycles. The first kappa shape index (κ1) is 35.3. The maximum atomic E-state index is 6.21. The molecule has 0 aliphatic carbocycles. The zero-order chi connectivity index (χ0) is 35.0. The molecule has 0 spiro atoms. The maximum absolute atomic E-state index is 6.21. The summed E-state index contributed by atoms with van der Waals surface area (Å²) in [5.41, 5.74) is 24.7. The van der Waals surface area contributed by atoms with E-state index in [1.165, 1.54) is 130 Å². The lowest BCUT2D eigenvalue weighted by atomic mass is 9.78. The first-order valence-electron chi connectivity index (χ1n) is 19.2. The molecule has 0 fully saturated rings. The minimum Gasteiger partial charge on any atom is -0.399 e. The average Bonchev–Trinajstić information content (AvgIpc) is 3.14. The molecule has 6 rings (SSSR count). The topological polar surface area (TPSA) is 52.0 Å². The Bertz CT molecular complexity index is 2020. The molecule has 2 atom stereocenters. The number of nitrogens with two attached hydrogens (primary N) is 2. The molecule has 0 radical (unpaired) electrons. The van der Waals surface area contributed by atoms with Crippen LogP contribution >= 0.6 is 0 Å². The van der Waals surface area contributed by atoms with Crippen LogP contribution in [0.1, 0.15) is 115 Å². The van der Waals surface area contributed by atoms with Gasteiger partial charge in [-0.25, -0.2) is 0 Å². The van der Waals surface area contributed by atoms with Gasteiger partial charge in [-0.1, -0.05) is 152 Å². The molecule has 0 heterocycles. The van der Waals surface area contributed by atoms with Gasteiger partial charge in [0.1, 0.15) is 0 Å². The van der Waals surface area contributed by atoms with Crippen LogP contribution < -0.4 is 11.5 Å². The normalized spacial score (nSPS) is 12.8. The van der Waals surface area contributed by atoms with Gasteiger partial charge >= 0.3 is 0 Å². The largest absolute Gasteiger partial charge is 0.399 e. The summed E-state index contributed by atoms with van der Waals surface area (Å²) < 4.78 is 0. The third kappa shape index (κ3) is 7.60. The van der Waals surface area contributed by atoms with Gasteiger partial charge in [0.15, 0.2) is 0 Å². The zero-order valence-corrected chi connectivity index (χ0v) is 30.8. The van der Waals surface area contributed by atoms with Crippen molar-refractivity contribution >= 4 is 32.9 Å². The Morgan fingerprint density at radius 1 is 0.440 bits per heavy atom. The lowest BCUT2D eigenvalue weighted by Gasteiger charge is -2.26. The summed E-state index contributed by atoms with van der Waals surface area (Å²) in [7, 11) is 0. The number of benzene rings is 6. The average molecular weight is 661 g/mol. The minimum absolute atomic E-state index is 0.407. The third-order valence-corrected chi connectivity index (χ3v) is 10.9. The highest BCUT2D eigenvalue weighted by molar-refractivity contribution is 6.14. The molecule has 6 aromatic carbocycles. The fraction of sp³-hybridized carbons (Fsp3) is 0.333. The van der Waals surface area contributed by atoms with Crippen LogP contribution in [-0.4, -0.2) is 0 Å². The second-order valence-electron chi connectivity index (χ2n) is 14.6. The highest BCUT2D eigenvalue weighted by Gasteiger charge is 2.24. The number of nitrogen functional groups attached to an aromatic ring is 2. The Balaban J connectivity index is 1.65. The van der Waals surface area contributed by atoms with E-state index in [4.69, 9.17) is 11.5 Å². The Morgan fingerprint density at radius 3 is 1.38 bits per heavy atom. The van der Waals surface area contributed by atoms with Crippen molar-refractivity contribution < 1.29 is 0 Å². The van der Waals surface area contributed by atoms with Crippen LogP contribution in [0, 0.1) is 0 Å². The summed E-state index contributed by atoms with van der Waals surface area (Å²) in [6, 6.07) is 40.2. The molecule has 6 aromatic rings. The number of rotatable bonds is 15. The second-order valence-corrected chi connectivity index (χ2v) is 14.6. The van der Waals surface area contributed by atoms with Crippen LogP contribution in [0.5, 0.6) is 0 Å². The van der Waals surface area contributed by atoms with Crippen molar-refractivity contribution in [2.75, 3.05) is 11.5 Å². The quantitative estimate of drug-likeness (QED) is 0.0850. The monoisotopic (exact) mass is 660 g/mol. The number of hydrogen-bond acceptors (Lipinski definition) is 2. The molecular weight excluding hydrogens is 605 g/mol. The Kier molecular flexibility index (Phi) is 11.6. The van der Waals surface area contributed by atoms with E-state index in [0.717, 1.165) is 11.4 Å². The molecule has 0 aromatic heterocycles. The molecule has 0 aliphatic rings. The van der Waals surface area contributed by atoms with E-state index >= 15 is 0 Å². The van der Waals surface area contributed by atoms with E-state index in [2.05, 4.69) is 125 Å². The summed E-state index contributed by atoms with van der Waals surface area (Å²) in [5.74, 6) is 0.822. The summed E-state index contributed by atoms with van der Waals surface area (Å²) in [4.78, 5) is 0. The van der Waals surface area contributed by atoms with Crippen molar-refractivity contribution in [2.24, 2.45) is 0 Å². The minimum atomic E-state index is 0.407. The fourth-order valence-electron chi connectivity index (χ4n) is 8.02. The van der Waals surface area contributed by atoms with Gasteiger partial charge < -0.3 is 11.5 Å². The molecule has 2 nitrogen and oxygen atoms in total. The van der Waals surface area contributed by atoms with E-state index in [1.54, 1.807) is 0 Å². The van der Waals surface area contributed by atoms with Crippen molar-refractivity contribution in [3.8, 4) is 33.4 Å². The van der Waals surface area contributed by atoms with Crippen molar-refractivity contribution in [2.45, 2.75) is 104 Å². The highest BCUT2D eigenvalue weighted by Crippen LogP contribution is 2.48. The van der Waals surface area contributed by atoms with E-state index in [-0.39, 0.29) is 0 Å². The Hall–Kier alpha value is -4.56. The van der Waals surface area contributed by atoms with Crippen molar-refractivity contribution in [3.63, 3.8) is 0 Å². The second kappa shape index (κ2) is 16.4. The summed E-state index contributed by atoms with van der Waals surface area (Å²) in [6.45, 7) is 9.49. The molecule has 0 aliphatic heterocycles. The summed E-state index contributed by atoms with van der Waals surface area (Å²) in [5, 5.41) is 5.24. The van der Waals surface area contributed by atoms with Crippen molar-refractivity contribution in [3.05, 3.63) is 120 Å². The molecule has 0 amide bonds. The maximum Gasteiger partial charge on any atom is 0.0314 e. The third-order valence-electron chi connectivity index (χ3n) is 10.9. The van der Waals surface area contributed by atoms with Crippen LogP contribution in [-0.2, 0) is 0 Å². The van der Waals surface area contributed by atoms with Gasteiger partial charge in [0, 0.05) is 11.4 Å². The van der Waals surface area contributed by atoms with E-state index < -0.39 is 0 Å². The van der Waals surface area contributed by atoms with Crippen molar-refractivity contribution in [1.82, 2.24) is 0 Å². The zero-order valence-electron chi connectivity index (χ0n) is 30.8. The molecule has 258 valence electrons. The number of hydrogen-bond donors (Lipinski definition) is 2. The standard InChI is InChI=1S/C48H56N2/c1-5-7-9-11-17-33(3)43-32-46(40-20-14-15-21-41(40)47(43)36-25-29-38(50)30-26-36)48-42-22-16-13-19-39(42)45(35-23-27-37(49)28-24-35)31-44(48)34(4)18-12-10-8-6-2/h13-16,19-34H,5-12,17-18,49-50H2,1-4H3. The molecule has 4 N–H and O–H groups in total. The van der Waals surface area contributed by atoms with Gasteiger partial charge in [-0.15, -0.1) is 0 Å². The van der Waals surface area contributed by atoms with E-state index in [1.807, 2.05) is 12.1 Å². The van der Waals surface area contributed by atoms with Gasteiger partial charge in [0.25, 0.3) is 0 Å². The molecule has 2 heteroatoms. The number of unbranched alkanes of at least 4 members (excludes halogenated alkanes) is 6. The van der Waals surface area contributed by atoms with Gasteiger partial charge in [0.05, 0.1) is 0 Å². The van der Waals surface area contributed by atoms with Gasteiger partial charge in [-0.3, -0.25) is 0 Å². The lowest BCUT2D eigenvalue weighted by Crippen LogP contribution is -2.04. The molecule has 0 saturated heterocycles. The predicted octanol–water partition coefficient (Wildman–Crippen LogP) is 14.3. The van der Waals surface area contributed by atoms with Gasteiger partial charge in [-0.05, 0) is 127 Å². The first-order valence-corrected chi connectivity index (χ1v) is 19.2. The van der Waals surface area contributed by atoms with Crippen LogP contribution in [0.4, 0.5) is 11.4 Å². The SMILES string of the molecule is CCCCCCC(C)c1cc(-c2c(C(C)CCCCCC)cc(-c3ccc(N)cc3)c3ccccc23)c2ccccc2c1-c1ccc(N)cc1. The van der Waals surface area contributed by atoms with Crippen LogP contribution in [0.25, 0.3) is 54.9 Å².